The molecule has 4 rings (SSSR count). The standard InChI is InChI=1S/C25H34N4O8S2/c1-6-10-36-24(32)20-21(14(3)19-18(15(4)30)23(31)29(19)20)38-16-12-17(27(13-16)25(33)37-11-7-2)22-26-8-9-28(22)39(5,34)35/h6-7,14-19,30H,1-2,8-13H2,3-5H3. The number of hydrogen-bond acceptors (Lipinski definition) is 10. The van der Waals surface area contributed by atoms with E-state index in [9.17, 15) is 27.9 Å². The lowest BCUT2D eigenvalue weighted by Crippen LogP contribution is -2.63. The molecule has 1 N–H and O–H groups in total. The molecule has 2 fully saturated rings. The number of hydrogen-bond donors (Lipinski definition) is 1. The number of likely N-dealkylation sites (tertiary alicyclic amines) is 1. The summed E-state index contributed by atoms with van der Waals surface area (Å²) in [5.74, 6) is -1.63. The number of amidine groups is 1. The Balaban J connectivity index is 1.65. The molecular weight excluding hydrogens is 548 g/mol. The Morgan fingerprint density at radius 2 is 1.92 bits per heavy atom. The minimum Gasteiger partial charge on any atom is -0.457 e. The number of aliphatic hydroxyl groups excluding tert-OH is 1. The fourth-order valence-electron chi connectivity index (χ4n) is 5.65. The second-order valence-corrected chi connectivity index (χ2v) is 13.2. The number of carbonyl (C=O) groups is 3. The number of esters is 1. The van der Waals surface area contributed by atoms with Crippen molar-refractivity contribution in [1.29, 1.82) is 0 Å². The zero-order valence-electron chi connectivity index (χ0n) is 22.2. The van der Waals surface area contributed by atoms with Crippen LogP contribution < -0.4 is 0 Å². The molecule has 0 aromatic carbocycles. The van der Waals surface area contributed by atoms with E-state index in [2.05, 4.69) is 18.2 Å². The van der Waals surface area contributed by atoms with Gasteiger partial charge >= 0.3 is 12.1 Å². The molecule has 0 saturated carbocycles. The Morgan fingerprint density at radius 1 is 1.26 bits per heavy atom. The van der Waals surface area contributed by atoms with E-state index < -0.39 is 46.2 Å². The van der Waals surface area contributed by atoms with Crippen molar-refractivity contribution < 1.29 is 37.4 Å². The smallest absolute Gasteiger partial charge is 0.410 e. The van der Waals surface area contributed by atoms with Crippen LogP contribution in [0.2, 0.25) is 0 Å². The van der Waals surface area contributed by atoms with Gasteiger partial charge in [-0.3, -0.25) is 19.0 Å². The van der Waals surface area contributed by atoms with Gasteiger partial charge in [0.15, 0.2) is 0 Å². The van der Waals surface area contributed by atoms with E-state index in [4.69, 9.17) is 9.47 Å². The zero-order valence-corrected chi connectivity index (χ0v) is 23.8. The minimum atomic E-state index is -3.61. The quantitative estimate of drug-likeness (QED) is 0.226. The summed E-state index contributed by atoms with van der Waals surface area (Å²) in [6.07, 6.45) is 2.81. The summed E-state index contributed by atoms with van der Waals surface area (Å²) in [7, 11) is -3.61. The highest BCUT2D eigenvalue weighted by atomic mass is 32.2. The van der Waals surface area contributed by atoms with Gasteiger partial charge in [-0.15, -0.1) is 11.8 Å². The average Bonchev–Trinajstić information content (AvgIpc) is 3.57. The second kappa shape index (κ2) is 11.3. The average molecular weight is 583 g/mol. The van der Waals surface area contributed by atoms with E-state index in [1.165, 1.54) is 38.0 Å². The topological polar surface area (TPSA) is 146 Å². The van der Waals surface area contributed by atoms with Crippen molar-refractivity contribution in [3.63, 3.8) is 0 Å². The molecule has 2 amide bonds. The predicted octanol–water partition coefficient (Wildman–Crippen LogP) is 0.957. The molecule has 4 heterocycles. The summed E-state index contributed by atoms with van der Waals surface area (Å²) in [6.45, 7) is 11.2. The SMILES string of the molecule is C=CCOC(=O)C1=C(SC2CC(C3=NCCN3S(C)(=O)=O)N(C(=O)OCC=C)C2)C(C)C2C(C(C)O)C(=O)N12. The third-order valence-electron chi connectivity index (χ3n) is 7.28. The van der Waals surface area contributed by atoms with Gasteiger partial charge in [0.25, 0.3) is 0 Å². The first-order valence-corrected chi connectivity index (χ1v) is 15.4. The van der Waals surface area contributed by atoms with Gasteiger partial charge in [0.05, 0.1) is 43.5 Å². The zero-order chi connectivity index (χ0) is 28.6. The summed E-state index contributed by atoms with van der Waals surface area (Å²) in [5.41, 5.74) is 0.140. The van der Waals surface area contributed by atoms with Crippen LogP contribution in [0.3, 0.4) is 0 Å². The highest BCUT2D eigenvalue weighted by molar-refractivity contribution is 8.03. The van der Waals surface area contributed by atoms with Gasteiger partial charge in [-0.1, -0.05) is 32.2 Å². The Hall–Kier alpha value is -2.84. The molecule has 0 bridgehead atoms. The number of aliphatic hydroxyl groups is 1. The summed E-state index contributed by atoms with van der Waals surface area (Å²) in [4.78, 5) is 46.9. The molecule has 0 aromatic rings. The lowest BCUT2D eigenvalue weighted by atomic mass is 9.79. The number of ether oxygens (including phenoxy) is 2. The fraction of sp³-hybridized carbons (Fsp3) is 0.600. The molecule has 12 nitrogen and oxygen atoms in total. The van der Waals surface area contributed by atoms with Crippen molar-refractivity contribution in [2.24, 2.45) is 16.8 Å². The number of carbonyl (C=O) groups excluding carboxylic acids is 3. The lowest BCUT2D eigenvalue weighted by molar-refractivity contribution is -0.164. The second-order valence-electron chi connectivity index (χ2n) is 9.94. The first-order valence-electron chi connectivity index (χ1n) is 12.7. The minimum absolute atomic E-state index is 0.0108. The molecule has 6 unspecified atom stereocenters. The Morgan fingerprint density at radius 3 is 2.54 bits per heavy atom. The van der Waals surface area contributed by atoms with Crippen LogP contribution in [-0.2, 0) is 29.1 Å². The number of thioether (sulfide) groups is 1. The molecule has 0 aromatic heterocycles. The summed E-state index contributed by atoms with van der Waals surface area (Å²) in [6, 6.07) is -1.05. The molecule has 0 spiro atoms. The Labute approximate surface area is 232 Å². The lowest BCUT2D eigenvalue weighted by Gasteiger charge is -2.46. The third-order valence-corrected chi connectivity index (χ3v) is 9.94. The number of fused-ring (bicyclic) bond motifs is 1. The van der Waals surface area contributed by atoms with Crippen LogP contribution in [0.5, 0.6) is 0 Å². The first kappa shape index (κ1) is 29.2. The van der Waals surface area contributed by atoms with Crippen molar-refractivity contribution in [3.8, 4) is 0 Å². The Kier molecular flexibility index (Phi) is 8.47. The molecule has 0 aliphatic carbocycles. The maximum absolute atomic E-state index is 13.1. The van der Waals surface area contributed by atoms with Gasteiger partial charge in [-0.05, 0) is 13.3 Å². The predicted molar refractivity (Wildman–Crippen MR) is 145 cm³/mol. The van der Waals surface area contributed by atoms with Gasteiger partial charge in [-0.25, -0.2) is 18.0 Å². The number of sulfonamides is 1. The van der Waals surface area contributed by atoms with Gasteiger partial charge in [0.1, 0.15) is 24.7 Å². The highest BCUT2D eigenvalue weighted by Crippen LogP contribution is 2.52. The van der Waals surface area contributed by atoms with E-state index in [-0.39, 0.29) is 61.5 Å². The van der Waals surface area contributed by atoms with Gasteiger partial charge in [0, 0.05) is 22.6 Å². The van der Waals surface area contributed by atoms with Crippen LogP contribution in [0.15, 0.2) is 40.9 Å². The van der Waals surface area contributed by atoms with E-state index in [1.807, 2.05) is 6.92 Å². The van der Waals surface area contributed by atoms with Crippen LogP contribution in [0.1, 0.15) is 20.3 Å². The first-order chi connectivity index (χ1) is 18.4. The summed E-state index contributed by atoms with van der Waals surface area (Å²) in [5, 5.41) is 9.95. The maximum atomic E-state index is 13.1. The fourth-order valence-corrected chi connectivity index (χ4v) is 8.10. The maximum Gasteiger partial charge on any atom is 0.410 e. The van der Waals surface area contributed by atoms with Crippen LogP contribution in [0.25, 0.3) is 0 Å². The molecule has 14 heteroatoms. The van der Waals surface area contributed by atoms with Gasteiger partial charge in [0.2, 0.25) is 15.9 Å². The molecule has 2 saturated heterocycles. The largest absolute Gasteiger partial charge is 0.457 e. The molecule has 4 aliphatic heterocycles. The number of aliphatic imine (C=N–C) groups is 1. The highest BCUT2D eigenvalue weighted by Gasteiger charge is 2.60. The monoisotopic (exact) mass is 582 g/mol. The number of nitrogens with zero attached hydrogens (tertiary/aromatic N) is 4. The van der Waals surface area contributed by atoms with E-state index in [0.29, 0.717) is 11.3 Å². The third kappa shape index (κ3) is 5.33. The van der Waals surface area contributed by atoms with Crippen LogP contribution in [0.4, 0.5) is 4.79 Å². The summed E-state index contributed by atoms with van der Waals surface area (Å²) >= 11 is 1.36. The van der Waals surface area contributed by atoms with Crippen molar-refractivity contribution in [2.75, 3.05) is 39.1 Å². The molecule has 4 aliphatic rings. The Bertz CT molecular complexity index is 1230. The normalized spacial score (nSPS) is 29.1. The number of rotatable bonds is 10. The number of β-lactam (4-membered cyclic amide) rings is 1. The van der Waals surface area contributed by atoms with E-state index in [0.717, 1.165) is 6.26 Å². The van der Waals surface area contributed by atoms with E-state index >= 15 is 0 Å². The van der Waals surface area contributed by atoms with Gasteiger partial charge < -0.3 is 19.5 Å². The molecule has 214 valence electrons. The van der Waals surface area contributed by atoms with Crippen molar-refractivity contribution >= 4 is 45.6 Å². The van der Waals surface area contributed by atoms with E-state index in [1.54, 1.807) is 6.92 Å². The van der Waals surface area contributed by atoms with Crippen LogP contribution in [0, 0.1) is 11.8 Å². The van der Waals surface area contributed by atoms with Crippen molar-refractivity contribution in [1.82, 2.24) is 14.1 Å². The van der Waals surface area contributed by atoms with Crippen molar-refractivity contribution in [3.05, 3.63) is 35.9 Å². The summed E-state index contributed by atoms with van der Waals surface area (Å²) < 4.78 is 36.6. The number of amides is 2. The molecule has 0 radical (unpaired) electrons. The molecule has 6 atom stereocenters. The van der Waals surface area contributed by atoms with Crippen molar-refractivity contribution in [2.45, 2.75) is 43.7 Å². The molecule has 39 heavy (non-hydrogen) atoms. The molecular formula is C25H34N4O8S2. The van der Waals surface area contributed by atoms with Crippen LogP contribution in [-0.4, -0.2) is 114 Å². The van der Waals surface area contributed by atoms with Crippen LogP contribution >= 0.6 is 11.8 Å². The van der Waals surface area contributed by atoms with Gasteiger partial charge in [-0.2, -0.15) is 0 Å².